The number of carbonyl (C=O) groups excluding carboxylic acids is 1. The Hall–Kier alpha value is -3.13. The number of ether oxygens (including phenoxy) is 2. The van der Waals surface area contributed by atoms with E-state index in [0.29, 0.717) is 27.3 Å². The maximum Gasteiger partial charge on any atom is 0.324 e. The van der Waals surface area contributed by atoms with Crippen molar-refractivity contribution >= 4 is 64.2 Å². The largest absolute Gasteiger partial charge is 0.450 e. The second-order valence-electron chi connectivity index (χ2n) is 9.49. The number of nitrogens with one attached hydrogen (secondary N) is 2. The molecular weight excluding hydrogens is 602 g/mol. The van der Waals surface area contributed by atoms with Crippen LogP contribution in [0.25, 0.3) is 11.0 Å². The number of amides is 2. The topological polar surface area (TPSA) is 103 Å². The van der Waals surface area contributed by atoms with Crippen LogP contribution in [0.4, 0.5) is 25.1 Å². The number of rotatable bonds is 9. The number of hydrogen-bond donors (Lipinski definition) is 2. The van der Waals surface area contributed by atoms with Gasteiger partial charge in [0.05, 0.1) is 10.4 Å². The van der Waals surface area contributed by atoms with E-state index in [0.717, 1.165) is 18.2 Å². The molecule has 1 aromatic carbocycles. The molecule has 4 rings (SSSR count). The van der Waals surface area contributed by atoms with Gasteiger partial charge in [-0.2, -0.15) is 0 Å². The first kappa shape index (κ1) is 27.9. The maximum absolute atomic E-state index is 14.9. The Morgan fingerprint density at radius 3 is 2.53 bits per heavy atom. The van der Waals surface area contributed by atoms with Crippen LogP contribution >= 0.6 is 27.5 Å². The molecule has 0 bridgehead atoms. The molecule has 38 heavy (non-hydrogen) atoms. The van der Waals surface area contributed by atoms with Crippen LogP contribution < -0.4 is 15.4 Å². The Bertz CT molecular complexity index is 1440. The maximum atomic E-state index is 14.9. The molecule has 0 radical (unpaired) electrons. The molecule has 0 saturated carbocycles. The van der Waals surface area contributed by atoms with Crippen LogP contribution in [0.1, 0.15) is 0 Å². The van der Waals surface area contributed by atoms with Crippen LogP contribution in [-0.2, 0) is 11.5 Å². The Morgan fingerprint density at radius 2 is 1.87 bits per heavy atom. The number of hydrogen-bond acceptors (Lipinski definition) is 6. The number of fused-ring (bicyclic) bond motifs is 1. The summed E-state index contributed by atoms with van der Waals surface area (Å²) in [5, 5.41) is 12.9. The molecule has 4 aromatic rings. The zero-order valence-corrected chi connectivity index (χ0v) is 24.0. The number of anilines is 2. The molecule has 0 aliphatic rings. The lowest BCUT2D eigenvalue weighted by Crippen LogP contribution is -2.22. The normalized spacial score (nSPS) is 11.6. The van der Waals surface area contributed by atoms with Crippen LogP contribution in [0.15, 0.2) is 47.3 Å². The van der Waals surface area contributed by atoms with Gasteiger partial charge in [-0.05, 0) is 40.2 Å². The predicted octanol–water partition coefficient (Wildman–Crippen LogP) is 7.27. The Kier molecular flexibility index (Phi) is 8.60. The molecule has 2 N–H and O–H groups in total. The number of urea groups is 1. The summed E-state index contributed by atoms with van der Waals surface area (Å²) in [5.74, 6) is -2.44. The number of carbonyl (C=O) groups is 1. The smallest absolute Gasteiger partial charge is 0.324 e. The monoisotopic (exact) mass is 624 g/mol. The molecule has 2 amide bonds. The van der Waals surface area contributed by atoms with Crippen molar-refractivity contribution in [2.45, 2.75) is 32.4 Å². The van der Waals surface area contributed by atoms with Crippen molar-refractivity contribution in [1.29, 1.82) is 0 Å². The third-order valence-electron chi connectivity index (χ3n) is 5.24. The molecule has 0 atom stereocenters. The second kappa shape index (κ2) is 11.7. The fourth-order valence-corrected chi connectivity index (χ4v) is 4.63. The van der Waals surface area contributed by atoms with E-state index < -0.39 is 31.5 Å². The quantitative estimate of drug-likeness (QED) is 0.150. The average molecular weight is 626 g/mol. The lowest BCUT2D eigenvalue weighted by atomic mass is 10.2. The molecule has 3 aromatic heterocycles. The summed E-state index contributed by atoms with van der Waals surface area (Å²) in [6.07, 6.45) is 3.09. The fourth-order valence-electron chi connectivity index (χ4n) is 3.36. The molecule has 3 heterocycles. The highest BCUT2D eigenvalue weighted by Gasteiger charge is 2.20. The number of halogens is 4. The minimum absolute atomic E-state index is 0.117. The van der Waals surface area contributed by atoms with E-state index in [1.54, 1.807) is 16.8 Å². The third kappa shape index (κ3) is 7.04. The lowest BCUT2D eigenvalue weighted by molar-refractivity contribution is 0.0899. The molecule has 14 heteroatoms. The molecule has 0 aliphatic heterocycles. The van der Waals surface area contributed by atoms with Crippen molar-refractivity contribution in [3.63, 3.8) is 0 Å². The van der Waals surface area contributed by atoms with Crippen LogP contribution in [0, 0.1) is 11.6 Å². The average Bonchev–Trinajstić information content (AvgIpc) is 3.16. The van der Waals surface area contributed by atoms with Crippen molar-refractivity contribution in [3.05, 3.63) is 64.0 Å². The van der Waals surface area contributed by atoms with Gasteiger partial charge in [-0.3, -0.25) is 5.32 Å². The van der Waals surface area contributed by atoms with Crippen LogP contribution in [-0.4, -0.2) is 40.5 Å². The zero-order chi connectivity index (χ0) is 27.4. The molecule has 0 unspecified atom stereocenters. The van der Waals surface area contributed by atoms with E-state index in [-0.39, 0.29) is 24.0 Å². The summed E-state index contributed by atoms with van der Waals surface area (Å²) >= 11 is 9.56. The summed E-state index contributed by atoms with van der Waals surface area (Å²) in [5.41, 5.74) is 0.321. The van der Waals surface area contributed by atoms with Crippen molar-refractivity contribution in [3.8, 4) is 11.5 Å². The van der Waals surface area contributed by atoms with E-state index in [1.165, 1.54) is 18.3 Å². The minimum Gasteiger partial charge on any atom is -0.450 e. The first-order chi connectivity index (χ1) is 18.0. The first-order valence-corrected chi connectivity index (χ1v) is 16.3. The molecule has 200 valence electrons. The third-order valence-corrected chi connectivity index (χ3v) is 7.65. The van der Waals surface area contributed by atoms with Gasteiger partial charge in [0.25, 0.3) is 0 Å². The van der Waals surface area contributed by atoms with Crippen molar-refractivity contribution < 1.29 is 23.0 Å². The van der Waals surface area contributed by atoms with E-state index in [1.807, 2.05) is 0 Å². The zero-order valence-electron chi connectivity index (χ0n) is 20.7. The van der Waals surface area contributed by atoms with Crippen LogP contribution in [0.5, 0.6) is 11.5 Å². The number of benzene rings is 1. The molecule has 0 aliphatic carbocycles. The summed E-state index contributed by atoms with van der Waals surface area (Å²) in [4.78, 5) is 16.5. The highest BCUT2D eigenvalue weighted by Crippen LogP contribution is 2.37. The van der Waals surface area contributed by atoms with E-state index >= 15 is 0 Å². The standard InChI is InChI=1S/C24H24BrClF2N6O3Si/c1-38(2,3)9-8-36-13-34-12-15(26)21-18(6-7-29-23(21)34)37-22-16(27)10-14(11-17(22)28)30-24(35)31-20-5-4-19(25)32-33-20/h4-7,10-12H,8-9,13H2,1-3H3,(H2,30,31,33,35). The van der Waals surface area contributed by atoms with Gasteiger partial charge in [-0.15, -0.1) is 10.2 Å². The van der Waals surface area contributed by atoms with E-state index in [4.69, 9.17) is 21.1 Å². The molecular formula is C24H24BrClF2N6O3Si. The Balaban J connectivity index is 1.49. The van der Waals surface area contributed by atoms with Crippen LogP contribution in [0.3, 0.4) is 0 Å². The van der Waals surface area contributed by atoms with Gasteiger partial charge in [0.15, 0.2) is 23.2 Å². The van der Waals surface area contributed by atoms with E-state index in [9.17, 15) is 13.6 Å². The highest BCUT2D eigenvalue weighted by atomic mass is 79.9. The molecule has 9 nitrogen and oxygen atoms in total. The van der Waals surface area contributed by atoms with Gasteiger partial charge < -0.3 is 19.4 Å². The lowest BCUT2D eigenvalue weighted by Gasteiger charge is -2.15. The predicted molar refractivity (Wildman–Crippen MR) is 148 cm³/mol. The van der Waals surface area contributed by atoms with Crippen molar-refractivity contribution in [2.24, 2.45) is 0 Å². The first-order valence-electron chi connectivity index (χ1n) is 11.5. The van der Waals surface area contributed by atoms with Crippen LogP contribution in [0.2, 0.25) is 30.7 Å². The van der Waals surface area contributed by atoms with Crippen molar-refractivity contribution in [1.82, 2.24) is 19.7 Å². The fraction of sp³-hybridized carbons (Fsp3) is 0.250. The number of aromatic nitrogens is 4. The number of pyridine rings is 1. The second-order valence-corrected chi connectivity index (χ2v) is 16.3. The van der Waals surface area contributed by atoms with Gasteiger partial charge in [0.2, 0.25) is 0 Å². The highest BCUT2D eigenvalue weighted by molar-refractivity contribution is 9.10. The van der Waals surface area contributed by atoms with Gasteiger partial charge in [0, 0.05) is 44.9 Å². The van der Waals surface area contributed by atoms with Crippen molar-refractivity contribution in [2.75, 3.05) is 17.2 Å². The molecule has 0 fully saturated rings. The van der Waals surface area contributed by atoms with Gasteiger partial charge >= 0.3 is 6.03 Å². The minimum atomic E-state index is -1.24. The number of nitrogens with zero attached hydrogens (tertiary/aromatic N) is 4. The summed E-state index contributed by atoms with van der Waals surface area (Å²) in [6, 6.07) is 6.65. The van der Waals surface area contributed by atoms with Gasteiger partial charge in [0.1, 0.15) is 22.7 Å². The summed E-state index contributed by atoms with van der Waals surface area (Å²) in [7, 11) is -1.24. The van der Waals surface area contributed by atoms with Gasteiger partial charge in [-0.1, -0.05) is 31.2 Å². The summed E-state index contributed by atoms with van der Waals surface area (Å²) < 4.78 is 43.4. The molecule has 0 saturated heterocycles. The molecule has 0 spiro atoms. The van der Waals surface area contributed by atoms with Gasteiger partial charge in [-0.25, -0.2) is 18.6 Å². The Labute approximate surface area is 231 Å². The van der Waals surface area contributed by atoms with E-state index in [2.05, 4.69) is 61.4 Å². The summed E-state index contributed by atoms with van der Waals surface area (Å²) in [6.45, 7) is 7.62. The Morgan fingerprint density at radius 1 is 1.13 bits per heavy atom. The SMILES string of the molecule is C[Si](C)(C)CCOCn1cc(Cl)c2c(Oc3c(F)cc(NC(=O)Nc4ccc(Br)nn4)cc3F)ccnc21.